The normalized spacial score (nSPS) is 16.1. The predicted molar refractivity (Wildman–Crippen MR) is 129 cm³/mol. The Morgan fingerprint density at radius 1 is 1.06 bits per heavy atom. The Morgan fingerprint density at radius 2 is 1.78 bits per heavy atom. The van der Waals surface area contributed by atoms with Gasteiger partial charge in [-0.05, 0) is 40.8 Å². The van der Waals surface area contributed by atoms with Crippen molar-refractivity contribution in [2.75, 3.05) is 39.8 Å². The Balaban J connectivity index is 1.64. The maximum atomic E-state index is 12.6. The van der Waals surface area contributed by atoms with Gasteiger partial charge in [-0.1, -0.05) is 56.6 Å². The Hall–Kier alpha value is -2.08. The largest absolute Gasteiger partial charge is 0.497 e. The van der Waals surface area contributed by atoms with Gasteiger partial charge in [0.25, 0.3) is 0 Å². The molecule has 1 saturated heterocycles. The summed E-state index contributed by atoms with van der Waals surface area (Å²) in [5.41, 5.74) is 2.14. The van der Waals surface area contributed by atoms with Crippen molar-refractivity contribution in [3.8, 4) is 5.75 Å². The lowest BCUT2D eigenvalue weighted by atomic mass is 9.91. The molecule has 174 valence electrons. The quantitative estimate of drug-likeness (QED) is 0.546. The first-order valence-electron chi connectivity index (χ1n) is 11.2. The summed E-state index contributed by atoms with van der Waals surface area (Å²) in [4.78, 5) is 17.0. The van der Waals surface area contributed by atoms with Gasteiger partial charge in [-0.15, -0.1) is 0 Å². The van der Waals surface area contributed by atoms with Crippen LogP contribution < -0.4 is 4.74 Å². The van der Waals surface area contributed by atoms with E-state index in [1.807, 2.05) is 47.4 Å². The molecule has 2 aromatic carbocycles. The number of halogens is 1. The van der Waals surface area contributed by atoms with Gasteiger partial charge in [-0.3, -0.25) is 9.69 Å². The predicted octanol–water partition coefficient (Wildman–Crippen LogP) is 5.19. The summed E-state index contributed by atoms with van der Waals surface area (Å²) in [5.74, 6) is 1.06. The van der Waals surface area contributed by atoms with Crippen LogP contribution in [0.3, 0.4) is 0 Å². The number of rotatable bonds is 8. The number of piperazine rings is 1. The molecule has 1 aliphatic heterocycles. The number of carbonyl (C=O) groups excluding carboxylic acids is 1. The highest BCUT2D eigenvalue weighted by atomic mass is 35.5. The molecule has 3 rings (SSSR count). The number of hydrogen-bond acceptors (Lipinski definition) is 4. The van der Waals surface area contributed by atoms with Crippen LogP contribution >= 0.6 is 11.6 Å². The van der Waals surface area contributed by atoms with E-state index in [1.54, 1.807) is 7.11 Å². The molecule has 1 heterocycles. The number of carbonyl (C=O) groups is 1. The molecule has 5 nitrogen and oxygen atoms in total. The molecule has 0 unspecified atom stereocenters. The van der Waals surface area contributed by atoms with E-state index in [0.29, 0.717) is 18.1 Å². The van der Waals surface area contributed by atoms with Crippen LogP contribution in [0, 0.1) is 5.41 Å². The lowest BCUT2D eigenvalue weighted by Crippen LogP contribution is -2.50. The van der Waals surface area contributed by atoms with Gasteiger partial charge in [0.1, 0.15) is 5.75 Å². The number of nitrogens with zero attached hydrogens (tertiary/aromatic N) is 2. The van der Waals surface area contributed by atoms with Crippen molar-refractivity contribution in [2.24, 2.45) is 5.41 Å². The fourth-order valence-corrected chi connectivity index (χ4v) is 4.11. The molecule has 0 aromatic heterocycles. The van der Waals surface area contributed by atoms with Crippen molar-refractivity contribution < 1.29 is 14.3 Å². The molecule has 1 fully saturated rings. The maximum absolute atomic E-state index is 12.6. The van der Waals surface area contributed by atoms with Crippen LogP contribution in [0.4, 0.5) is 0 Å². The Labute approximate surface area is 197 Å². The van der Waals surface area contributed by atoms with Crippen molar-refractivity contribution in [2.45, 2.75) is 39.9 Å². The maximum Gasteiger partial charge on any atom is 0.223 e. The monoisotopic (exact) mass is 458 g/mol. The molecule has 0 aliphatic carbocycles. The number of benzene rings is 2. The summed E-state index contributed by atoms with van der Waals surface area (Å²) in [6.07, 6.45) is 0.475. The molecule has 2 aromatic rings. The lowest BCUT2D eigenvalue weighted by Gasteiger charge is -2.37. The fourth-order valence-electron chi connectivity index (χ4n) is 3.90. The average Bonchev–Trinajstić information content (AvgIpc) is 2.76. The molecule has 1 atom stereocenters. The van der Waals surface area contributed by atoms with Crippen LogP contribution in [0.25, 0.3) is 0 Å². The van der Waals surface area contributed by atoms with E-state index in [1.165, 1.54) is 0 Å². The van der Waals surface area contributed by atoms with Crippen LogP contribution in [0.15, 0.2) is 48.5 Å². The minimum Gasteiger partial charge on any atom is -0.497 e. The van der Waals surface area contributed by atoms with E-state index in [0.717, 1.165) is 49.6 Å². The highest BCUT2D eigenvalue weighted by Crippen LogP contribution is 2.26. The van der Waals surface area contributed by atoms with Crippen molar-refractivity contribution in [1.29, 1.82) is 0 Å². The molecular formula is C26H35ClN2O3. The van der Waals surface area contributed by atoms with Gasteiger partial charge in [-0.25, -0.2) is 0 Å². The van der Waals surface area contributed by atoms with Gasteiger partial charge in [0, 0.05) is 44.2 Å². The van der Waals surface area contributed by atoms with Gasteiger partial charge in [-0.2, -0.15) is 0 Å². The van der Waals surface area contributed by atoms with Gasteiger partial charge in [0.05, 0.1) is 19.8 Å². The topological polar surface area (TPSA) is 42.0 Å². The van der Waals surface area contributed by atoms with E-state index in [-0.39, 0.29) is 17.4 Å². The minimum atomic E-state index is -0.110. The molecule has 0 bridgehead atoms. The Kier molecular flexibility index (Phi) is 8.57. The van der Waals surface area contributed by atoms with Gasteiger partial charge < -0.3 is 14.4 Å². The van der Waals surface area contributed by atoms with Gasteiger partial charge >= 0.3 is 0 Å². The van der Waals surface area contributed by atoms with E-state index >= 15 is 0 Å². The van der Waals surface area contributed by atoms with Crippen molar-refractivity contribution in [1.82, 2.24) is 9.80 Å². The summed E-state index contributed by atoms with van der Waals surface area (Å²) >= 11 is 6.14. The van der Waals surface area contributed by atoms with E-state index in [9.17, 15) is 4.79 Å². The minimum absolute atomic E-state index is 0.0137. The molecule has 1 amide bonds. The lowest BCUT2D eigenvalue weighted by molar-refractivity contribution is -0.135. The van der Waals surface area contributed by atoms with E-state index in [4.69, 9.17) is 21.1 Å². The van der Waals surface area contributed by atoms with Crippen LogP contribution in [0.5, 0.6) is 5.75 Å². The van der Waals surface area contributed by atoms with Crippen molar-refractivity contribution >= 4 is 17.5 Å². The average molecular weight is 459 g/mol. The fraction of sp³-hybridized carbons (Fsp3) is 0.500. The van der Waals surface area contributed by atoms with Crippen LogP contribution in [0.1, 0.15) is 44.4 Å². The molecule has 6 heteroatoms. The molecule has 1 aliphatic rings. The number of ether oxygens (including phenoxy) is 2. The SMILES string of the molecule is COc1cccc([C@H](CN2CCN(C(=O)CC(C)(C)C)CC2)OCc2cccc(Cl)c2)c1. The molecule has 0 radical (unpaired) electrons. The first-order chi connectivity index (χ1) is 15.2. The van der Waals surface area contributed by atoms with E-state index < -0.39 is 0 Å². The second-order valence-electron chi connectivity index (χ2n) is 9.63. The zero-order valence-electron chi connectivity index (χ0n) is 19.6. The Morgan fingerprint density at radius 3 is 2.44 bits per heavy atom. The van der Waals surface area contributed by atoms with Crippen molar-refractivity contribution in [3.05, 3.63) is 64.7 Å². The van der Waals surface area contributed by atoms with Gasteiger partial charge in [0.15, 0.2) is 0 Å². The summed E-state index contributed by atoms with van der Waals surface area (Å²) in [5, 5.41) is 0.708. The summed E-state index contributed by atoms with van der Waals surface area (Å²) in [6, 6.07) is 15.8. The highest BCUT2D eigenvalue weighted by molar-refractivity contribution is 6.30. The highest BCUT2D eigenvalue weighted by Gasteiger charge is 2.26. The number of hydrogen-bond donors (Lipinski definition) is 0. The Bertz CT molecular complexity index is 889. The van der Waals surface area contributed by atoms with Gasteiger partial charge in [0.2, 0.25) is 5.91 Å². The molecule has 0 N–H and O–H groups in total. The first kappa shape index (κ1) is 24.6. The third kappa shape index (κ3) is 7.51. The second-order valence-corrected chi connectivity index (χ2v) is 10.1. The molecule has 0 spiro atoms. The smallest absolute Gasteiger partial charge is 0.223 e. The summed E-state index contributed by atoms with van der Waals surface area (Å²) in [7, 11) is 1.68. The number of methoxy groups -OCH3 is 1. The first-order valence-corrected chi connectivity index (χ1v) is 11.6. The molecular weight excluding hydrogens is 424 g/mol. The zero-order chi connectivity index (χ0) is 23.1. The summed E-state index contributed by atoms with van der Waals surface area (Å²) in [6.45, 7) is 10.8. The molecule has 32 heavy (non-hydrogen) atoms. The second kappa shape index (κ2) is 11.2. The van der Waals surface area contributed by atoms with E-state index in [2.05, 4.69) is 31.7 Å². The van der Waals surface area contributed by atoms with Crippen LogP contribution in [-0.2, 0) is 16.1 Å². The zero-order valence-corrected chi connectivity index (χ0v) is 20.4. The van der Waals surface area contributed by atoms with Crippen molar-refractivity contribution in [3.63, 3.8) is 0 Å². The molecule has 0 saturated carbocycles. The standard InChI is InChI=1S/C26H35ClN2O3/c1-26(2,3)17-25(30)29-13-11-28(12-14-29)18-24(21-8-6-10-23(16-21)31-4)32-19-20-7-5-9-22(27)15-20/h5-10,15-16,24H,11-14,17-19H2,1-4H3/t24-/m0/s1. The third-order valence-corrected chi connectivity index (χ3v) is 5.87. The van der Waals surface area contributed by atoms with Crippen LogP contribution in [0.2, 0.25) is 5.02 Å². The van der Waals surface area contributed by atoms with Crippen LogP contribution in [-0.4, -0.2) is 55.5 Å². The number of amides is 1. The third-order valence-electron chi connectivity index (χ3n) is 5.64. The summed E-state index contributed by atoms with van der Waals surface area (Å²) < 4.78 is 11.8.